The van der Waals surface area contributed by atoms with Crippen molar-refractivity contribution < 1.29 is 45.3 Å². The Hall–Kier alpha value is -1.61. The molecule has 1 rings (SSSR count). The van der Waals surface area contributed by atoms with Crippen molar-refractivity contribution in [1.29, 1.82) is 0 Å². The molecule has 1 heterocycles. The van der Waals surface area contributed by atoms with Crippen LogP contribution in [0.5, 0.6) is 0 Å². The second-order valence-electron chi connectivity index (χ2n) is 3.51. The van der Waals surface area contributed by atoms with Gasteiger partial charge >= 0.3 is 39.9 Å². The average molecular weight is 362 g/mol. The van der Waals surface area contributed by atoms with Gasteiger partial charge in [0.2, 0.25) is 0 Å². The molecule has 0 saturated carbocycles. The van der Waals surface area contributed by atoms with Gasteiger partial charge in [-0.3, -0.25) is 0 Å². The first-order chi connectivity index (χ1) is 10.8. The molecule has 0 fully saturated rings. The van der Waals surface area contributed by atoms with Crippen molar-refractivity contribution in [3.05, 3.63) is 56.4 Å². The maximum atomic E-state index is 10.8. The van der Waals surface area contributed by atoms with Crippen molar-refractivity contribution in [2.45, 2.75) is 25.4 Å². The van der Waals surface area contributed by atoms with Crippen LogP contribution in [0.2, 0.25) is 0 Å². The molecule has 126 valence electrons. The Labute approximate surface area is 147 Å². The number of hydrogen-bond donors (Lipinski definition) is 0. The SMILES string of the molecule is COC(=O)/C=C/C=C/C1CC/C=C\CCO1.[C-]#[O+].[C-]#[O+].[C-]#[O+].[Fe]. The van der Waals surface area contributed by atoms with Gasteiger partial charge in [0, 0.05) is 23.1 Å². The summed E-state index contributed by atoms with van der Waals surface area (Å²) in [4.78, 5) is 10.8. The third-order valence-electron chi connectivity index (χ3n) is 2.27. The molecular weight excluding hydrogens is 344 g/mol. The van der Waals surface area contributed by atoms with E-state index in [0.29, 0.717) is 0 Å². The van der Waals surface area contributed by atoms with E-state index in [2.05, 4.69) is 36.8 Å². The van der Waals surface area contributed by atoms with E-state index in [-0.39, 0.29) is 29.1 Å². The predicted octanol–water partition coefficient (Wildman–Crippen LogP) is 2.28. The molecular formula is C16H18FeO6. The van der Waals surface area contributed by atoms with E-state index in [1.54, 1.807) is 6.08 Å². The largest absolute Gasteiger partial charge is 0 e. The van der Waals surface area contributed by atoms with Gasteiger partial charge < -0.3 is 9.47 Å². The van der Waals surface area contributed by atoms with E-state index in [4.69, 9.17) is 18.7 Å². The Bertz CT molecular complexity index is 392. The third kappa shape index (κ3) is 22.8. The topological polar surface area (TPSA) is 95.2 Å². The Balaban J connectivity index is -0.000000231. The van der Waals surface area contributed by atoms with Crippen molar-refractivity contribution >= 4 is 5.97 Å². The van der Waals surface area contributed by atoms with Crippen molar-refractivity contribution in [2.24, 2.45) is 0 Å². The molecule has 1 unspecified atom stereocenters. The summed E-state index contributed by atoms with van der Waals surface area (Å²) in [5.74, 6) is -0.342. The van der Waals surface area contributed by atoms with Gasteiger partial charge in [-0.2, -0.15) is 0 Å². The van der Waals surface area contributed by atoms with Gasteiger partial charge in [0.15, 0.2) is 0 Å². The fourth-order valence-electron chi connectivity index (χ4n) is 1.41. The number of carbonyl (C=O) groups is 1. The van der Waals surface area contributed by atoms with E-state index in [1.165, 1.54) is 13.2 Å². The minimum absolute atomic E-state index is 0. The standard InChI is InChI=1S/C13H18O3.3CO.Fe/c1-15-13(14)10-6-5-9-12-8-4-2-3-7-11-16-12;3*1-2;/h2-3,5-6,9-10,12H,4,7-8,11H2,1H3;;;;/b3-2-,9-5+,10-6+;;;;. The molecule has 23 heavy (non-hydrogen) atoms. The minimum Gasteiger partial charge on any atom is 0 e. The third-order valence-corrected chi connectivity index (χ3v) is 2.27. The zero-order chi connectivity index (χ0) is 17.6. The number of methoxy groups -OCH3 is 1. The normalized spacial score (nSPS) is 17.1. The van der Waals surface area contributed by atoms with Crippen molar-refractivity contribution in [1.82, 2.24) is 0 Å². The smallest absolute Gasteiger partial charge is 0 e. The molecule has 0 amide bonds. The molecule has 1 aliphatic rings. The predicted molar refractivity (Wildman–Crippen MR) is 74.8 cm³/mol. The Kier molecular flexibility index (Phi) is 36.5. The molecule has 1 aliphatic heterocycles. The first-order valence-electron chi connectivity index (χ1n) is 6.13. The van der Waals surface area contributed by atoms with Crippen LogP contribution in [0.1, 0.15) is 19.3 Å². The van der Waals surface area contributed by atoms with Crippen LogP contribution in [0.25, 0.3) is 0 Å². The van der Waals surface area contributed by atoms with E-state index in [9.17, 15) is 4.79 Å². The number of hydrogen-bond acceptors (Lipinski definition) is 3. The van der Waals surface area contributed by atoms with E-state index in [0.717, 1.165) is 25.9 Å². The summed E-state index contributed by atoms with van der Waals surface area (Å²) >= 11 is 0. The fraction of sp³-hybridized carbons (Fsp3) is 0.375. The number of carbonyl (C=O) groups excluding carboxylic acids is 1. The minimum atomic E-state index is -0.342. The van der Waals surface area contributed by atoms with Crippen LogP contribution in [-0.2, 0) is 45.3 Å². The van der Waals surface area contributed by atoms with E-state index < -0.39 is 0 Å². The first-order valence-corrected chi connectivity index (χ1v) is 6.13. The summed E-state index contributed by atoms with van der Waals surface area (Å²) in [5.41, 5.74) is 0. The van der Waals surface area contributed by atoms with E-state index in [1.807, 2.05) is 12.2 Å². The molecule has 0 aromatic carbocycles. The fourth-order valence-corrected chi connectivity index (χ4v) is 1.41. The van der Waals surface area contributed by atoms with Crippen LogP contribution in [0.15, 0.2) is 36.5 Å². The van der Waals surface area contributed by atoms with Crippen LogP contribution >= 0.6 is 0 Å². The van der Waals surface area contributed by atoms with Gasteiger partial charge in [-0.05, 0) is 19.3 Å². The van der Waals surface area contributed by atoms with Crippen LogP contribution in [0.3, 0.4) is 0 Å². The Morgan fingerprint density at radius 1 is 1.13 bits per heavy atom. The maximum absolute atomic E-state index is 10.8. The number of rotatable bonds is 3. The van der Waals surface area contributed by atoms with Gasteiger partial charge in [0.25, 0.3) is 0 Å². The van der Waals surface area contributed by atoms with Crippen LogP contribution in [-0.4, -0.2) is 25.8 Å². The quantitative estimate of drug-likeness (QED) is 0.147. The van der Waals surface area contributed by atoms with Gasteiger partial charge in [0.1, 0.15) is 0 Å². The monoisotopic (exact) mass is 362 g/mol. The van der Waals surface area contributed by atoms with Crippen molar-refractivity contribution in [3.63, 3.8) is 0 Å². The summed E-state index contributed by atoms with van der Waals surface area (Å²) in [6.45, 7) is 14.3. The van der Waals surface area contributed by atoms with Gasteiger partial charge in [-0.1, -0.05) is 30.4 Å². The molecule has 0 bridgehead atoms. The number of allylic oxidation sites excluding steroid dienone is 3. The van der Waals surface area contributed by atoms with Crippen LogP contribution < -0.4 is 0 Å². The molecule has 0 aromatic rings. The molecule has 6 nitrogen and oxygen atoms in total. The van der Waals surface area contributed by atoms with Crippen LogP contribution in [0, 0.1) is 20.0 Å². The number of esters is 1. The summed E-state index contributed by atoms with van der Waals surface area (Å²) in [7, 11) is 1.36. The number of ether oxygens (including phenoxy) is 2. The first kappa shape index (κ1) is 29.4. The Morgan fingerprint density at radius 3 is 2.26 bits per heavy atom. The van der Waals surface area contributed by atoms with Crippen molar-refractivity contribution in [2.75, 3.05) is 13.7 Å². The second-order valence-corrected chi connectivity index (χ2v) is 3.51. The van der Waals surface area contributed by atoms with Crippen LogP contribution in [0.4, 0.5) is 0 Å². The molecule has 0 radical (unpaired) electrons. The molecule has 7 heteroatoms. The second kappa shape index (κ2) is 28.5. The molecule has 0 N–H and O–H groups in total. The zero-order valence-corrected chi connectivity index (χ0v) is 13.8. The molecule has 0 aromatic heterocycles. The molecule has 0 aliphatic carbocycles. The van der Waals surface area contributed by atoms with E-state index >= 15 is 0 Å². The van der Waals surface area contributed by atoms with Gasteiger partial charge in [-0.15, -0.1) is 0 Å². The van der Waals surface area contributed by atoms with Gasteiger partial charge in [0.05, 0.1) is 19.8 Å². The molecule has 1 atom stereocenters. The Morgan fingerprint density at radius 2 is 1.70 bits per heavy atom. The van der Waals surface area contributed by atoms with Gasteiger partial charge in [-0.25, -0.2) is 4.79 Å². The summed E-state index contributed by atoms with van der Waals surface area (Å²) < 4.78 is 32.6. The molecule has 0 spiro atoms. The summed E-state index contributed by atoms with van der Waals surface area (Å²) in [6, 6.07) is 0. The average Bonchev–Trinajstić information content (AvgIpc) is 2.58. The molecule has 0 saturated heterocycles. The summed E-state index contributed by atoms with van der Waals surface area (Å²) in [5, 5.41) is 0. The zero-order valence-electron chi connectivity index (χ0n) is 12.7. The maximum Gasteiger partial charge on any atom is 0 e. The van der Waals surface area contributed by atoms with Crippen molar-refractivity contribution in [3.8, 4) is 0 Å². The summed E-state index contributed by atoms with van der Waals surface area (Å²) in [6.07, 6.45) is 14.3.